The van der Waals surface area contributed by atoms with E-state index in [4.69, 9.17) is 0 Å². The van der Waals surface area contributed by atoms with Gasteiger partial charge in [-0.1, -0.05) is 23.5 Å². The predicted octanol–water partition coefficient (Wildman–Crippen LogP) is 2.11. The van der Waals surface area contributed by atoms with Crippen molar-refractivity contribution in [2.45, 2.75) is 6.42 Å². The third-order valence-corrected chi connectivity index (χ3v) is 3.18. The quantitative estimate of drug-likeness (QED) is 0.885. The van der Waals surface area contributed by atoms with Crippen molar-refractivity contribution in [1.29, 1.82) is 0 Å². The molecule has 0 aliphatic rings. The third kappa shape index (κ3) is 2.43. The number of benzene rings is 1. The molecule has 3 nitrogen and oxygen atoms in total. The molecule has 0 atom stereocenters. The minimum absolute atomic E-state index is 0.251. The van der Waals surface area contributed by atoms with E-state index in [1.807, 2.05) is 7.05 Å². The summed E-state index contributed by atoms with van der Waals surface area (Å²) in [5, 5.41) is 12.6. The fourth-order valence-electron chi connectivity index (χ4n) is 1.33. The zero-order valence-electron chi connectivity index (χ0n) is 8.90. The molecule has 0 saturated carbocycles. The lowest BCUT2D eigenvalue weighted by molar-refractivity contribution is 0.631. The molecule has 84 valence electrons. The van der Waals surface area contributed by atoms with Crippen LogP contribution >= 0.6 is 11.3 Å². The van der Waals surface area contributed by atoms with Crippen molar-refractivity contribution in [3.8, 4) is 10.6 Å². The fourth-order valence-corrected chi connectivity index (χ4v) is 2.20. The minimum atomic E-state index is -0.251. The number of halogens is 1. The molecule has 0 radical (unpaired) electrons. The summed E-state index contributed by atoms with van der Waals surface area (Å²) in [5.74, 6) is -0.251. The fraction of sp³-hybridized carbons (Fsp3) is 0.273. The van der Waals surface area contributed by atoms with E-state index in [1.54, 1.807) is 18.2 Å². The van der Waals surface area contributed by atoms with Gasteiger partial charge in [-0.25, -0.2) is 4.39 Å². The van der Waals surface area contributed by atoms with Crippen molar-refractivity contribution in [2.24, 2.45) is 0 Å². The molecule has 0 spiro atoms. The number of aromatic nitrogens is 2. The SMILES string of the molecule is CNCCc1nnc(-c2ccccc2F)s1. The summed E-state index contributed by atoms with van der Waals surface area (Å²) in [7, 11) is 1.89. The Bertz CT molecular complexity index is 470. The first-order valence-electron chi connectivity index (χ1n) is 5.03. The molecule has 1 aromatic carbocycles. The highest BCUT2D eigenvalue weighted by Gasteiger charge is 2.09. The Kier molecular flexibility index (Phi) is 3.58. The van der Waals surface area contributed by atoms with Crippen molar-refractivity contribution in [1.82, 2.24) is 15.5 Å². The molecule has 2 rings (SSSR count). The zero-order chi connectivity index (χ0) is 11.4. The highest BCUT2D eigenvalue weighted by Crippen LogP contribution is 2.25. The van der Waals surface area contributed by atoms with Crippen LogP contribution in [-0.4, -0.2) is 23.8 Å². The average Bonchev–Trinajstić information content (AvgIpc) is 2.75. The molecular formula is C11H12FN3S. The van der Waals surface area contributed by atoms with Gasteiger partial charge in [-0.3, -0.25) is 0 Å². The highest BCUT2D eigenvalue weighted by atomic mass is 32.1. The van der Waals surface area contributed by atoms with Gasteiger partial charge in [-0.15, -0.1) is 10.2 Å². The summed E-state index contributed by atoms with van der Waals surface area (Å²) in [5.41, 5.74) is 0.524. The summed E-state index contributed by atoms with van der Waals surface area (Å²) in [4.78, 5) is 0. The lowest BCUT2D eigenvalue weighted by atomic mass is 10.2. The molecule has 0 saturated heterocycles. The van der Waals surface area contributed by atoms with Gasteiger partial charge in [0.2, 0.25) is 0 Å². The van der Waals surface area contributed by atoms with Crippen LogP contribution in [0.1, 0.15) is 5.01 Å². The number of nitrogens with zero attached hydrogens (tertiary/aromatic N) is 2. The second-order valence-corrected chi connectivity index (χ2v) is 4.40. The van der Waals surface area contributed by atoms with Gasteiger partial charge in [-0.05, 0) is 19.2 Å². The molecule has 0 aliphatic carbocycles. The van der Waals surface area contributed by atoms with E-state index in [9.17, 15) is 4.39 Å². The molecule has 1 aromatic heterocycles. The first-order chi connectivity index (χ1) is 7.81. The number of hydrogen-bond donors (Lipinski definition) is 1. The van der Waals surface area contributed by atoms with Gasteiger partial charge < -0.3 is 5.32 Å². The minimum Gasteiger partial charge on any atom is -0.319 e. The normalized spacial score (nSPS) is 10.6. The maximum atomic E-state index is 13.5. The zero-order valence-corrected chi connectivity index (χ0v) is 9.72. The van der Waals surface area contributed by atoms with Gasteiger partial charge in [0.25, 0.3) is 0 Å². The molecule has 16 heavy (non-hydrogen) atoms. The highest BCUT2D eigenvalue weighted by molar-refractivity contribution is 7.14. The summed E-state index contributed by atoms with van der Waals surface area (Å²) in [6.07, 6.45) is 0.822. The van der Waals surface area contributed by atoms with Crippen molar-refractivity contribution < 1.29 is 4.39 Å². The van der Waals surface area contributed by atoms with E-state index in [2.05, 4.69) is 15.5 Å². The van der Waals surface area contributed by atoms with Gasteiger partial charge in [0.05, 0.1) is 0 Å². The Morgan fingerprint density at radius 1 is 1.31 bits per heavy atom. The maximum absolute atomic E-state index is 13.5. The van der Waals surface area contributed by atoms with E-state index in [0.29, 0.717) is 10.6 Å². The van der Waals surface area contributed by atoms with Gasteiger partial charge in [0.15, 0.2) is 5.01 Å². The van der Waals surface area contributed by atoms with Crippen LogP contribution in [0.4, 0.5) is 4.39 Å². The van der Waals surface area contributed by atoms with Gasteiger partial charge in [0, 0.05) is 18.5 Å². The maximum Gasteiger partial charge on any atom is 0.150 e. The Balaban J connectivity index is 2.22. The second-order valence-electron chi connectivity index (χ2n) is 3.33. The summed E-state index contributed by atoms with van der Waals surface area (Å²) >= 11 is 1.44. The molecular weight excluding hydrogens is 225 g/mol. The Labute approximate surface area is 97.3 Å². The summed E-state index contributed by atoms with van der Waals surface area (Å²) < 4.78 is 13.5. The van der Waals surface area contributed by atoms with Gasteiger partial charge in [-0.2, -0.15) is 0 Å². The van der Waals surface area contributed by atoms with E-state index >= 15 is 0 Å². The molecule has 0 amide bonds. The molecule has 0 unspecified atom stereocenters. The lowest BCUT2D eigenvalue weighted by Gasteiger charge is -1.95. The van der Waals surface area contributed by atoms with Gasteiger partial charge in [0.1, 0.15) is 10.8 Å². The number of hydrogen-bond acceptors (Lipinski definition) is 4. The smallest absolute Gasteiger partial charge is 0.150 e. The first-order valence-corrected chi connectivity index (χ1v) is 5.85. The average molecular weight is 237 g/mol. The monoisotopic (exact) mass is 237 g/mol. The van der Waals surface area contributed by atoms with E-state index in [-0.39, 0.29) is 5.82 Å². The lowest BCUT2D eigenvalue weighted by Crippen LogP contribution is -2.09. The van der Waals surface area contributed by atoms with Crippen LogP contribution in [0.5, 0.6) is 0 Å². The topological polar surface area (TPSA) is 37.8 Å². The van der Waals surface area contributed by atoms with Crippen molar-refractivity contribution >= 4 is 11.3 Å². The van der Waals surface area contributed by atoms with E-state index in [1.165, 1.54) is 17.4 Å². The van der Waals surface area contributed by atoms with Crippen LogP contribution in [0.2, 0.25) is 0 Å². The van der Waals surface area contributed by atoms with Crippen LogP contribution in [0.15, 0.2) is 24.3 Å². The van der Waals surface area contributed by atoms with Crippen LogP contribution in [0.3, 0.4) is 0 Å². The van der Waals surface area contributed by atoms with Crippen molar-refractivity contribution in [3.63, 3.8) is 0 Å². The summed E-state index contributed by atoms with van der Waals surface area (Å²) in [6, 6.07) is 6.62. The molecule has 2 aromatic rings. The molecule has 1 heterocycles. The van der Waals surface area contributed by atoms with Crippen LogP contribution in [0, 0.1) is 5.82 Å². The number of nitrogens with one attached hydrogen (secondary N) is 1. The van der Waals surface area contributed by atoms with Crippen LogP contribution < -0.4 is 5.32 Å². The predicted molar refractivity (Wildman–Crippen MR) is 62.9 cm³/mol. The molecule has 1 N–H and O–H groups in total. The molecule has 0 aliphatic heterocycles. The number of rotatable bonds is 4. The van der Waals surface area contributed by atoms with Crippen LogP contribution in [0.25, 0.3) is 10.6 Å². The Morgan fingerprint density at radius 2 is 2.12 bits per heavy atom. The number of likely N-dealkylation sites (N-methyl/N-ethyl adjacent to an activating group) is 1. The largest absolute Gasteiger partial charge is 0.319 e. The second kappa shape index (κ2) is 5.14. The Morgan fingerprint density at radius 3 is 2.88 bits per heavy atom. The molecule has 5 heteroatoms. The summed E-state index contributed by atoms with van der Waals surface area (Å²) in [6.45, 7) is 0.853. The first kappa shape index (κ1) is 11.2. The standard InChI is InChI=1S/C11H12FN3S/c1-13-7-6-10-14-15-11(16-10)8-4-2-3-5-9(8)12/h2-5,13H,6-7H2,1H3. The van der Waals surface area contributed by atoms with Gasteiger partial charge >= 0.3 is 0 Å². The van der Waals surface area contributed by atoms with Crippen LogP contribution in [-0.2, 0) is 6.42 Å². The third-order valence-electron chi connectivity index (χ3n) is 2.16. The molecule has 0 bridgehead atoms. The van der Waals surface area contributed by atoms with E-state index in [0.717, 1.165) is 18.0 Å². The molecule has 0 fully saturated rings. The van der Waals surface area contributed by atoms with Crippen molar-refractivity contribution in [2.75, 3.05) is 13.6 Å². The van der Waals surface area contributed by atoms with E-state index < -0.39 is 0 Å². The van der Waals surface area contributed by atoms with Crippen molar-refractivity contribution in [3.05, 3.63) is 35.1 Å². The Hall–Kier alpha value is -1.33.